The Morgan fingerprint density at radius 2 is 1.70 bits per heavy atom. The van der Waals surface area contributed by atoms with Gasteiger partial charge in [-0.2, -0.15) is 0 Å². The summed E-state index contributed by atoms with van der Waals surface area (Å²) in [5, 5.41) is 2.21. The number of carbonyl (C=O) groups excluding carboxylic acids is 1. The van der Waals surface area contributed by atoms with Crippen molar-refractivity contribution >= 4 is 27.5 Å². The predicted octanol–water partition coefficient (Wildman–Crippen LogP) is 4.43. The van der Waals surface area contributed by atoms with Crippen LogP contribution in [0, 0.1) is 24.4 Å². The van der Waals surface area contributed by atoms with Crippen molar-refractivity contribution in [3.63, 3.8) is 0 Å². The Labute approximate surface area is 121 Å². The summed E-state index contributed by atoms with van der Waals surface area (Å²) in [7, 11) is 0. The molecule has 0 radical (unpaired) electrons. The summed E-state index contributed by atoms with van der Waals surface area (Å²) in [6.45, 7) is 1.79. The molecule has 0 bridgehead atoms. The smallest absolute Gasteiger partial charge is 0.256 e. The fraction of sp³-hybridized carbons (Fsp3) is 0.0714. The number of nitrogens with one attached hydrogen (secondary N) is 1. The zero-order valence-corrected chi connectivity index (χ0v) is 11.9. The van der Waals surface area contributed by atoms with Crippen LogP contribution in [0.2, 0.25) is 0 Å². The summed E-state index contributed by atoms with van der Waals surface area (Å²) in [5.74, 6) is -4.20. The minimum atomic E-state index is -1.31. The minimum Gasteiger partial charge on any atom is -0.319 e. The predicted molar refractivity (Wildman–Crippen MR) is 73.1 cm³/mol. The Hall–Kier alpha value is -1.82. The summed E-state index contributed by atoms with van der Waals surface area (Å²) < 4.78 is 39.8. The highest BCUT2D eigenvalue weighted by Gasteiger charge is 2.15. The fourth-order valence-corrected chi connectivity index (χ4v) is 2.05. The molecule has 0 aliphatic carbocycles. The summed E-state index contributed by atoms with van der Waals surface area (Å²) in [6.07, 6.45) is 0. The van der Waals surface area contributed by atoms with E-state index in [1.54, 1.807) is 25.1 Å². The molecular formula is C14H9BrF3NO. The van der Waals surface area contributed by atoms with Gasteiger partial charge in [-0.3, -0.25) is 4.79 Å². The second kappa shape index (κ2) is 5.66. The number of anilines is 1. The van der Waals surface area contributed by atoms with E-state index in [1.165, 1.54) is 0 Å². The number of carbonyl (C=O) groups is 1. The largest absolute Gasteiger partial charge is 0.319 e. The van der Waals surface area contributed by atoms with Gasteiger partial charge in [-0.1, -0.05) is 11.6 Å². The van der Waals surface area contributed by atoms with Gasteiger partial charge in [-0.15, -0.1) is 0 Å². The molecule has 0 aromatic heterocycles. The third kappa shape index (κ3) is 3.01. The lowest BCUT2D eigenvalue weighted by Gasteiger charge is -2.09. The molecular weight excluding hydrogens is 335 g/mol. The molecule has 0 atom stereocenters. The third-order valence-corrected chi connectivity index (χ3v) is 3.32. The van der Waals surface area contributed by atoms with Crippen LogP contribution in [0.1, 0.15) is 15.9 Å². The molecule has 0 unspecified atom stereocenters. The quantitative estimate of drug-likeness (QED) is 0.803. The summed E-state index contributed by atoms with van der Waals surface area (Å²) in [5.41, 5.74) is 0.695. The van der Waals surface area contributed by atoms with Gasteiger partial charge < -0.3 is 5.32 Å². The molecule has 0 heterocycles. The van der Waals surface area contributed by atoms with Crippen LogP contribution in [0.25, 0.3) is 0 Å². The molecule has 104 valence electrons. The van der Waals surface area contributed by atoms with E-state index in [1.807, 2.05) is 0 Å². The van der Waals surface area contributed by atoms with Crippen LogP contribution in [-0.2, 0) is 0 Å². The number of rotatable bonds is 2. The third-order valence-electron chi connectivity index (χ3n) is 2.62. The highest BCUT2D eigenvalue weighted by Crippen LogP contribution is 2.22. The van der Waals surface area contributed by atoms with E-state index in [2.05, 4.69) is 21.2 Å². The van der Waals surface area contributed by atoms with Crippen molar-refractivity contribution in [3.8, 4) is 0 Å². The van der Waals surface area contributed by atoms with Gasteiger partial charge in [0.1, 0.15) is 5.82 Å². The number of benzene rings is 2. The first kappa shape index (κ1) is 14.6. The molecule has 2 aromatic rings. The summed E-state index contributed by atoms with van der Waals surface area (Å²) >= 11 is 3.20. The van der Waals surface area contributed by atoms with Crippen LogP contribution >= 0.6 is 15.9 Å². The fourth-order valence-electron chi connectivity index (χ4n) is 1.62. The molecule has 0 aliphatic rings. The first-order chi connectivity index (χ1) is 9.38. The van der Waals surface area contributed by atoms with Crippen molar-refractivity contribution in [2.75, 3.05) is 5.32 Å². The van der Waals surface area contributed by atoms with Crippen LogP contribution in [0.5, 0.6) is 0 Å². The Morgan fingerprint density at radius 3 is 2.40 bits per heavy atom. The molecule has 20 heavy (non-hydrogen) atoms. The summed E-state index contributed by atoms with van der Waals surface area (Å²) in [6, 6.07) is 6.05. The highest BCUT2D eigenvalue weighted by atomic mass is 79.9. The lowest BCUT2D eigenvalue weighted by atomic mass is 10.1. The van der Waals surface area contributed by atoms with E-state index in [0.717, 1.165) is 5.56 Å². The number of aryl methyl sites for hydroxylation is 1. The van der Waals surface area contributed by atoms with Crippen molar-refractivity contribution in [1.29, 1.82) is 0 Å². The number of hydrogen-bond donors (Lipinski definition) is 1. The molecule has 0 saturated heterocycles. The number of halogens is 4. The van der Waals surface area contributed by atoms with Gasteiger partial charge in [-0.05, 0) is 35.0 Å². The Morgan fingerprint density at radius 1 is 1.05 bits per heavy atom. The highest BCUT2D eigenvalue weighted by molar-refractivity contribution is 9.10. The van der Waals surface area contributed by atoms with Gasteiger partial charge in [0.15, 0.2) is 11.6 Å². The van der Waals surface area contributed by atoms with Crippen LogP contribution < -0.4 is 5.32 Å². The minimum absolute atomic E-state index is 0.272. The average Bonchev–Trinajstić information content (AvgIpc) is 2.38. The van der Waals surface area contributed by atoms with Crippen molar-refractivity contribution in [2.45, 2.75) is 6.92 Å². The number of hydrogen-bond acceptors (Lipinski definition) is 1. The molecule has 6 heteroatoms. The normalized spacial score (nSPS) is 10.4. The van der Waals surface area contributed by atoms with E-state index in [4.69, 9.17) is 0 Å². The van der Waals surface area contributed by atoms with Gasteiger partial charge in [0.2, 0.25) is 0 Å². The van der Waals surface area contributed by atoms with Crippen molar-refractivity contribution < 1.29 is 18.0 Å². The maximum atomic E-state index is 13.5. The Bertz CT molecular complexity index is 688. The van der Waals surface area contributed by atoms with E-state index in [0.29, 0.717) is 16.6 Å². The SMILES string of the molecule is Cc1ccc(Br)c(C(=O)Nc2cc(F)c(F)cc2F)c1. The van der Waals surface area contributed by atoms with Crippen LogP contribution in [0.15, 0.2) is 34.8 Å². The molecule has 2 nitrogen and oxygen atoms in total. The monoisotopic (exact) mass is 343 g/mol. The molecule has 0 fully saturated rings. The molecule has 0 saturated carbocycles. The average molecular weight is 344 g/mol. The second-order valence-corrected chi connectivity index (χ2v) is 5.04. The molecule has 2 aromatic carbocycles. The lowest BCUT2D eigenvalue weighted by Crippen LogP contribution is -2.14. The van der Waals surface area contributed by atoms with E-state index < -0.39 is 29.0 Å². The van der Waals surface area contributed by atoms with E-state index in [-0.39, 0.29) is 5.56 Å². The first-order valence-electron chi connectivity index (χ1n) is 5.60. The van der Waals surface area contributed by atoms with Gasteiger partial charge in [0.05, 0.1) is 11.3 Å². The standard InChI is InChI=1S/C14H9BrF3NO/c1-7-2-3-9(15)8(4-7)14(20)19-13-6-11(17)10(16)5-12(13)18/h2-6H,1H3,(H,19,20). The maximum absolute atomic E-state index is 13.5. The Balaban J connectivity index is 2.32. The van der Waals surface area contributed by atoms with Crippen LogP contribution in [-0.4, -0.2) is 5.91 Å². The zero-order valence-electron chi connectivity index (χ0n) is 10.3. The Kier molecular flexibility index (Phi) is 4.13. The van der Waals surface area contributed by atoms with Gasteiger partial charge in [-0.25, -0.2) is 13.2 Å². The first-order valence-corrected chi connectivity index (χ1v) is 6.40. The molecule has 1 N–H and O–H groups in total. The zero-order chi connectivity index (χ0) is 14.9. The molecule has 2 rings (SSSR count). The molecule has 1 amide bonds. The van der Waals surface area contributed by atoms with Gasteiger partial charge >= 0.3 is 0 Å². The van der Waals surface area contributed by atoms with Gasteiger partial charge in [0, 0.05) is 16.6 Å². The topological polar surface area (TPSA) is 29.1 Å². The van der Waals surface area contributed by atoms with Gasteiger partial charge in [0.25, 0.3) is 5.91 Å². The van der Waals surface area contributed by atoms with Crippen molar-refractivity contribution in [1.82, 2.24) is 0 Å². The second-order valence-electron chi connectivity index (χ2n) is 4.18. The van der Waals surface area contributed by atoms with Crippen LogP contribution in [0.3, 0.4) is 0 Å². The lowest BCUT2D eigenvalue weighted by molar-refractivity contribution is 0.102. The van der Waals surface area contributed by atoms with E-state index in [9.17, 15) is 18.0 Å². The maximum Gasteiger partial charge on any atom is 0.256 e. The molecule has 0 spiro atoms. The number of amides is 1. The van der Waals surface area contributed by atoms with E-state index >= 15 is 0 Å². The van der Waals surface area contributed by atoms with Crippen molar-refractivity contribution in [3.05, 3.63) is 63.4 Å². The van der Waals surface area contributed by atoms with Crippen LogP contribution in [0.4, 0.5) is 18.9 Å². The molecule has 0 aliphatic heterocycles. The van der Waals surface area contributed by atoms with Crippen molar-refractivity contribution in [2.24, 2.45) is 0 Å². The summed E-state index contributed by atoms with van der Waals surface area (Å²) in [4.78, 5) is 12.0.